The summed E-state index contributed by atoms with van der Waals surface area (Å²) in [6.45, 7) is 7.40. The Labute approximate surface area is 155 Å². The van der Waals surface area contributed by atoms with Crippen LogP contribution < -0.4 is 10.1 Å². The number of methoxy groups -OCH3 is 1. The van der Waals surface area contributed by atoms with Gasteiger partial charge in [0.15, 0.2) is 0 Å². The molecule has 2 atom stereocenters. The second-order valence-corrected chi connectivity index (χ2v) is 9.39. The minimum absolute atomic E-state index is 0.198. The standard InChI is InChI=1S/C18H24N2O3S2/c1-12(16(21)20-18(2,3)4)25(22)11-14-10-24-17(19-14)13-6-8-15(23-5)9-7-13/h6-10,12H,11H2,1-5H3,(H,20,21)/t12-,25-/m0/s1. The zero-order chi connectivity index (χ0) is 18.6. The van der Waals surface area contributed by atoms with E-state index in [1.54, 1.807) is 14.0 Å². The van der Waals surface area contributed by atoms with Gasteiger partial charge in [0.25, 0.3) is 0 Å². The van der Waals surface area contributed by atoms with Crippen LogP contribution in [-0.2, 0) is 21.3 Å². The summed E-state index contributed by atoms with van der Waals surface area (Å²) in [4.78, 5) is 16.7. The number of carbonyl (C=O) groups excluding carboxylic acids is 1. The number of hydrogen-bond donors (Lipinski definition) is 1. The second kappa shape index (κ2) is 8.10. The molecule has 0 radical (unpaired) electrons. The Bertz CT molecular complexity index is 748. The topological polar surface area (TPSA) is 68.3 Å². The van der Waals surface area contributed by atoms with E-state index in [1.165, 1.54) is 11.3 Å². The molecule has 1 aromatic carbocycles. The first-order valence-corrected chi connectivity index (χ1v) is 10.2. The van der Waals surface area contributed by atoms with E-state index in [-0.39, 0.29) is 17.2 Å². The number of carbonyl (C=O) groups is 1. The Balaban J connectivity index is 2.02. The predicted octanol–water partition coefficient (Wildman–Crippen LogP) is 3.37. The Morgan fingerprint density at radius 1 is 1.32 bits per heavy atom. The number of nitrogens with zero attached hydrogens (tertiary/aromatic N) is 1. The summed E-state index contributed by atoms with van der Waals surface area (Å²) in [5.41, 5.74) is 1.39. The summed E-state index contributed by atoms with van der Waals surface area (Å²) in [6, 6.07) is 7.65. The maximum absolute atomic E-state index is 12.5. The maximum atomic E-state index is 12.5. The van der Waals surface area contributed by atoms with Crippen molar-refractivity contribution in [2.45, 2.75) is 44.2 Å². The van der Waals surface area contributed by atoms with Crippen LogP contribution in [0.2, 0.25) is 0 Å². The zero-order valence-electron chi connectivity index (χ0n) is 15.2. The number of rotatable bonds is 6. The van der Waals surface area contributed by atoms with E-state index in [0.717, 1.165) is 22.0 Å². The molecule has 2 aromatic rings. The average Bonchev–Trinajstić information content (AvgIpc) is 3.01. The number of benzene rings is 1. The fourth-order valence-corrected chi connectivity index (χ4v) is 4.02. The molecule has 1 amide bonds. The van der Waals surface area contributed by atoms with E-state index in [0.29, 0.717) is 0 Å². The molecule has 0 aliphatic carbocycles. The number of amides is 1. The van der Waals surface area contributed by atoms with Crippen molar-refractivity contribution in [3.8, 4) is 16.3 Å². The van der Waals surface area contributed by atoms with Gasteiger partial charge in [0.1, 0.15) is 16.0 Å². The van der Waals surface area contributed by atoms with Crippen molar-refractivity contribution in [1.82, 2.24) is 10.3 Å². The molecule has 0 spiro atoms. The Morgan fingerprint density at radius 3 is 2.52 bits per heavy atom. The normalized spacial score (nSPS) is 14.0. The molecule has 0 fully saturated rings. The van der Waals surface area contributed by atoms with Crippen molar-refractivity contribution in [2.75, 3.05) is 7.11 Å². The highest BCUT2D eigenvalue weighted by molar-refractivity contribution is 7.85. The van der Waals surface area contributed by atoms with Crippen LogP contribution >= 0.6 is 11.3 Å². The minimum atomic E-state index is -1.32. The van der Waals surface area contributed by atoms with E-state index in [4.69, 9.17) is 4.74 Å². The molecule has 25 heavy (non-hydrogen) atoms. The summed E-state index contributed by atoms with van der Waals surface area (Å²) < 4.78 is 17.6. The van der Waals surface area contributed by atoms with Crippen LogP contribution in [0.3, 0.4) is 0 Å². The zero-order valence-corrected chi connectivity index (χ0v) is 16.8. The molecule has 1 N–H and O–H groups in total. The van der Waals surface area contributed by atoms with Crippen LogP contribution in [0.5, 0.6) is 5.75 Å². The van der Waals surface area contributed by atoms with Crippen molar-refractivity contribution >= 4 is 28.0 Å². The molecular formula is C18H24N2O3S2. The monoisotopic (exact) mass is 380 g/mol. The van der Waals surface area contributed by atoms with E-state index in [1.807, 2.05) is 50.4 Å². The molecule has 0 saturated carbocycles. The molecule has 7 heteroatoms. The first-order valence-electron chi connectivity index (χ1n) is 7.97. The molecule has 0 saturated heterocycles. The highest BCUT2D eigenvalue weighted by Gasteiger charge is 2.24. The molecule has 0 aliphatic heterocycles. The molecule has 0 aliphatic rings. The van der Waals surface area contributed by atoms with Crippen LogP contribution in [-0.4, -0.2) is 33.0 Å². The number of nitrogens with one attached hydrogen (secondary N) is 1. The van der Waals surface area contributed by atoms with Crippen LogP contribution in [0.15, 0.2) is 29.6 Å². The van der Waals surface area contributed by atoms with Gasteiger partial charge in [-0.1, -0.05) is 0 Å². The SMILES string of the molecule is COc1ccc(-c2nc(C[S@](=O)[C@@H](C)C(=O)NC(C)(C)C)cs2)cc1. The summed E-state index contributed by atoms with van der Waals surface area (Å²) in [5, 5.41) is 5.04. The van der Waals surface area contributed by atoms with Gasteiger partial charge in [0.2, 0.25) is 5.91 Å². The third kappa shape index (κ3) is 5.64. The van der Waals surface area contributed by atoms with Gasteiger partial charge in [-0.25, -0.2) is 4.98 Å². The largest absolute Gasteiger partial charge is 0.497 e. The second-order valence-electron chi connectivity index (χ2n) is 6.78. The third-order valence-corrected chi connectivity index (χ3v) is 5.96. The highest BCUT2D eigenvalue weighted by atomic mass is 32.2. The molecule has 1 heterocycles. The first kappa shape index (κ1) is 19.6. The van der Waals surface area contributed by atoms with Gasteiger partial charge in [0, 0.05) is 27.3 Å². The van der Waals surface area contributed by atoms with Crippen LogP contribution in [0.1, 0.15) is 33.4 Å². The van der Waals surface area contributed by atoms with Gasteiger partial charge < -0.3 is 10.1 Å². The maximum Gasteiger partial charge on any atom is 0.235 e. The van der Waals surface area contributed by atoms with E-state index in [9.17, 15) is 9.00 Å². The summed E-state index contributed by atoms with van der Waals surface area (Å²) in [6.07, 6.45) is 0. The molecule has 5 nitrogen and oxygen atoms in total. The molecule has 136 valence electrons. The number of thiazole rings is 1. The summed E-state index contributed by atoms with van der Waals surface area (Å²) >= 11 is 1.50. The third-order valence-electron chi connectivity index (χ3n) is 3.44. The highest BCUT2D eigenvalue weighted by Crippen LogP contribution is 2.26. The minimum Gasteiger partial charge on any atom is -0.497 e. The lowest BCUT2D eigenvalue weighted by Gasteiger charge is -2.22. The fraction of sp³-hybridized carbons (Fsp3) is 0.444. The van der Waals surface area contributed by atoms with Crippen LogP contribution in [0.4, 0.5) is 0 Å². The van der Waals surface area contributed by atoms with Crippen molar-refractivity contribution in [3.05, 3.63) is 35.3 Å². The van der Waals surface area contributed by atoms with E-state index in [2.05, 4.69) is 10.3 Å². The first-order chi connectivity index (χ1) is 11.7. The lowest BCUT2D eigenvalue weighted by atomic mass is 10.1. The lowest BCUT2D eigenvalue weighted by Crippen LogP contribution is -2.46. The van der Waals surface area contributed by atoms with Crippen LogP contribution in [0, 0.1) is 0 Å². The van der Waals surface area contributed by atoms with Gasteiger partial charge in [-0.05, 0) is 52.0 Å². The van der Waals surface area contributed by atoms with Crippen molar-refractivity contribution in [1.29, 1.82) is 0 Å². The van der Waals surface area contributed by atoms with Gasteiger partial charge in [-0.2, -0.15) is 0 Å². The van der Waals surface area contributed by atoms with Gasteiger partial charge in [-0.15, -0.1) is 11.3 Å². The summed E-state index contributed by atoms with van der Waals surface area (Å²) in [7, 11) is 0.311. The fourth-order valence-electron chi connectivity index (χ4n) is 2.10. The van der Waals surface area contributed by atoms with E-state index >= 15 is 0 Å². The summed E-state index contributed by atoms with van der Waals surface area (Å²) in [5.74, 6) is 0.863. The number of hydrogen-bond acceptors (Lipinski definition) is 5. The molecule has 0 unspecified atom stereocenters. The molecular weight excluding hydrogens is 356 g/mol. The molecule has 2 rings (SSSR count). The average molecular weight is 381 g/mol. The molecule has 0 bridgehead atoms. The van der Waals surface area contributed by atoms with Gasteiger partial charge in [-0.3, -0.25) is 9.00 Å². The molecule has 1 aromatic heterocycles. The lowest BCUT2D eigenvalue weighted by molar-refractivity contribution is -0.121. The quantitative estimate of drug-likeness (QED) is 0.834. The number of ether oxygens (including phenoxy) is 1. The van der Waals surface area contributed by atoms with Crippen molar-refractivity contribution < 1.29 is 13.7 Å². The smallest absolute Gasteiger partial charge is 0.235 e. The van der Waals surface area contributed by atoms with Gasteiger partial charge >= 0.3 is 0 Å². The Morgan fingerprint density at radius 2 is 1.96 bits per heavy atom. The van der Waals surface area contributed by atoms with Gasteiger partial charge in [0.05, 0.1) is 18.6 Å². The van der Waals surface area contributed by atoms with Crippen molar-refractivity contribution in [3.63, 3.8) is 0 Å². The van der Waals surface area contributed by atoms with E-state index < -0.39 is 16.0 Å². The Kier molecular flexibility index (Phi) is 6.35. The predicted molar refractivity (Wildman–Crippen MR) is 103 cm³/mol. The van der Waals surface area contributed by atoms with Crippen LogP contribution in [0.25, 0.3) is 10.6 Å². The number of aromatic nitrogens is 1. The van der Waals surface area contributed by atoms with Crippen molar-refractivity contribution in [2.24, 2.45) is 0 Å². The Hall–Kier alpha value is -1.73.